The number of hydrogen-bond donors (Lipinski definition) is 0. The Labute approximate surface area is 110 Å². The van der Waals surface area contributed by atoms with Crippen LogP contribution in [0.4, 0.5) is 5.69 Å². The summed E-state index contributed by atoms with van der Waals surface area (Å²) in [4.78, 5) is 4.34. The van der Waals surface area contributed by atoms with E-state index in [1.54, 1.807) is 6.20 Å². The van der Waals surface area contributed by atoms with E-state index in [4.69, 9.17) is 0 Å². The first-order valence-electron chi connectivity index (χ1n) is 5.49. The molecular weight excluding hydrogens is 246 g/mol. The lowest BCUT2D eigenvalue weighted by Crippen LogP contribution is -1.98. The number of benzene rings is 1. The van der Waals surface area contributed by atoms with Crippen molar-refractivity contribution in [3.05, 3.63) is 42.2 Å². The maximum Gasteiger partial charge on any atom is 0.209 e. The first kappa shape index (κ1) is 12.6. The van der Waals surface area contributed by atoms with Crippen molar-refractivity contribution in [2.45, 2.75) is 18.1 Å². The number of azo groups is 1. The van der Waals surface area contributed by atoms with Crippen LogP contribution in [0.5, 0.6) is 0 Å². The van der Waals surface area contributed by atoms with Crippen LogP contribution in [0.2, 0.25) is 0 Å². The van der Waals surface area contributed by atoms with Gasteiger partial charge in [-0.1, -0.05) is 30.0 Å². The highest BCUT2D eigenvalue weighted by Crippen LogP contribution is 2.19. The summed E-state index contributed by atoms with van der Waals surface area (Å²) in [5, 5.41) is 16.8. The van der Waals surface area contributed by atoms with Gasteiger partial charge in [-0.3, -0.25) is 0 Å². The van der Waals surface area contributed by atoms with Gasteiger partial charge >= 0.3 is 0 Å². The van der Waals surface area contributed by atoms with E-state index in [9.17, 15) is 0 Å². The molecule has 0 saturated heterocycles. The zero-order valence-electron chi connectivity index (χ0n) is 10.2. The third-order valence-electron chi connectivity index (χ3n) is 2.27. The summed E-state index contributed by atoms with van der Waals surface area (Å²) in [7, 11) is 0. The molecule has 0 fully saturated rings. The molecule has 5 nitrogen and oxygen atoms in total. The van der Waals surface area contributed by atoms with E-state index in [-0.39, 0.29) is 6.04 Å². The second kappa shape index (κ2) is 6.20. The number of aromatic nitrogens is 3. The molecule has 1 aromatic carbocycles. The summed E-state index contributed by atoms with van der Waals surface area (Å²) in [6.07, 6.45) is 3.53. The van der Waals surface area contributed by atoms with Crippen molar-refractivity contribution in [3.8, 4) is 0 Å². The molecule has 6 heteroatoms. The van der Waals surface area contributed by atoms with E-state index in [0.717, 1.165) is 11.4 Å². The van der Waals surface area contributed by atoms with Gasteiger partial charge in [0.2, 0.25) is 5.16 Å². The average Bonchev–Trinajstić information content (AvgIpc) is 2.46. The molecule has 0 saturated carbocycles. The van der Waals surface area contributed by atoms with Crippen LogP contribution in [-0.2, 0) is 0 Å². The Morgan fingerprint density at radius 3 is 2.72 bits per heavy atom. The van der Waals surface area contributed by atoms with Crippen LogP contribution >= 0.6 is 11.8 Å². The lowest BCUT2D eigenvalue weighted by Gasteiger charge is -2.03. The Balaban J connectivity index is 2.11. The Bertz CT molecular complexity index is 529. The van der Waals surface area contributed by atoms with Crippen molar-refractivity contribution in [2.24, 2.45) is 10.2 Å². The predicted molar refractivity (Wildman–Crippen MR) is 71.0 cm³/mol. The Kier molecular flexibility index (Phi) is 4.35. The van der Waals surface area contributed by atoms with Crippen molar-refractivity contribution >= 4 is 17.4 Å². The Morgan fingerprint density at radius 2 is 2.00 bits per heavy atom. The highest BCUT2D eigenvalue weighted by Gasteiger charge is 2.07. The summed E-state index contributed by atoms with van der Waals surface area (Å²) in [5.41, 5.74) is 1.60. The molecule has 92 valence electrons. The van der Waals surface area contributed by atoms with Crippen LogP contribution < -0.4 is 0 Å². The quantitative estimate of drug-likeness (QED) is 0.623. The lowest BCUT2D eigenvalue weighted by atomic mass is 10.3. The third kappa shape index (κ3) is 3.33. The van der Waals surface area contributed by atoms with Crippen molar-refractivity contribution in [2.75, 3.05) is 6.26 Å². The van der Waals surface area contributed by atoms with Crippen molar-refractivity contribution in [3.63, 3.8) is 0 Å². The molecule has 1 aromatic heterocycles. The number of rotatable bonds is 4. The second-order valence-corrected chi connectivity index (χ2v) is 4.37. The molecule has 0 aliphatic carbocycles. The van der Waals surface area contributed by atoms with Crippen molar-refractivity contribution in [1.82, 2.24) is 15.2 Å². The molecular formula is C12H13N5S. The second-order valence-electron chi connectivity index (χ2n) is 3.59. The fraction of sp³-hybridized carbons (Fsp3) is 0.250. The molecule has 0 spiro atoms. The molecule has 1 heterocycles. The summed E-state index contributed by atoms with van der Waals surface area (Å²) in [5.74, 6) is 0. The molecule has 1 unspecified atom stereocenters. The standard InChI is InChI=1S/C12H13N5S/c1-9(11-8-13-17-12(14-11)18-2)15-16-10-6-4-3-5-7-10/h3-9H,1-2H3. The number of nitrogens with zero attached hydrogens (tertiary/aromatic N) is 5. The summed E-state index contributed by atoms with van der Waals surface area (Å²) < 4.78 is 0. The van der Waals surface area contributed by atoms with E-state index < -0.39 is 0 Å². The van der Waals surface area contributed by atoms with Crippen LogP contribution in [-0.4, -0.2) is 21.4 Å². The zero-order chi connectivity index (χ0) is 12.8. The topological polar surface area (TPSA) is 63.4 Å². The third-order valence-corrected chi connectivity index (χ3v) is 2.81. The summed E-state index contributed by atoms with van der Waals surface area (Å²) in [6, 6.07) is 9.48. The van der Waals surface area contributed by atoms with E-state index in [0.29, 0.717) is 5.16 Å². The summed E-state index contributed by atoms with van der Waals surface area (Å²) >= 11 is 1.46. The molecule has 0 N–H and O–H groups in total. The summed E-state index contributed by atoms with van der Waals surface area (Å²) in [6.45, 7) is 1.93. The number of thioether (sulfide) groups is 1. The normalized spacial score (nSPS) is 12.8. The molecule has 0 bridgehead atoms. The Morgan fingerprint density at radius 1 is 1.22 bits per heavy atom. The molecule has 1 atom stereocenters. The predicted octanol–water partition coefficient (Wildman–Crippen LogP) is 3.44. The molecule has 2 aromatic rings. The maximum absolute atomic E-state index is 4.34. The van der Waals surface area contributed by atoms with Gasteiger partial charge in [-0.15, -0.1) is 5.10 Å². The Hall–Kier alpha value is -1.82. The van der Waals surface area contributed by atoms with Crippen LogP contribution in [0.15, 0.2) is 51.9 Å². The minimum atomic E-state index is -0.133. The van der Waals surface area contributed by atoms with Gasteiger partial charge in [-0.25, -0.2) is 4.98 Å². The van der Waals surface area contributed by atoms with Gasteiger partial charge in [0, 0.05) is 0 Å². The molecule has 0 radical (unpaired) electrons. The lowest BCUT2D eigenvalue weighted by molar-refractivity contribution is 0.686. The molecule has 0 amide bonds. The van der Waals surface area contributed by atoms with Gasteiger partial charge in [-0.05, 0) is 25.3 Å². The zero-order valence-corrected chi connectivity index (χ0v) is 11.0. The fourth-order valence-electron chi connectivity index (χ4n) is 1.29. The van der Waals surface area contributed by atoms with Crippen molar-refractivity contribution < 1.29 is 0 Å². The molecule has 0 aliphatic heterocycles. The van der Waals surface area contributed by atoms with Crippen LogP contribution in [0, 0.1) is 0 Å². The van der Waals surface area contributed by atoms with E-state index in [2.05, 4.69) is 25.4 Å². The fourth-order valence-corrected chi connectivity index (χ4v) is 1.62. The van der Waals surface area contributed by atoms with Crippen LogP contribution in [0.3, 0.4) is 0 Å². The van der Waals surface area contributed by atoms with Gasteiger partial charge in [0.25, 0.3) is 0 Å². The smallest absolute Gasteiger partial charge is 0.209 e. The van der Waals surface area contributed by atoms with E-state index >= 15 is 0 Å². The van der Waals surface area contributed by atoms with E-state index in [1.165, 1.54) is 11.8 Å². The van der Waals surface area contributed by atoms with Gasteiger partial charge in [0.05, 0.1) is 17.6 Å². The van der Waals surface area contributed by atoms with Gasteiger partial charge in [-0.2, -0.15) is 15.3 Å². The van der Waals surface area contributed by atoms with Gasteiger partial charge in [0.1, 0.15) is 6.04 Å². The molecule has 2 rings (SSSR count). The van der Waals surface area contributed by atoms with Gasteiger partial charge < -0.3 is 0 Å². The minimum Gasteiger partial charge on any atom is -0.222 e. The maximum atomic E-state index is 4.34. The highest BCUT2D eigenvalue weighted by atomic mass is 32.2. The average molecular weight is 259 g/mol. The SMILES string of the molecule is CSc1nncc(C(C)N=Nc2ccccc2)n1. The number of hydrogen-bond acceptors (Lipinski definition) is 6. The first-order valence-corrected chi connectivity index (χ1v) is 6.71. The monoisotopic (exact) mass is 259 g/mol. The van der Waals surface area contributed by atoms with Crippen LogP contribution in [0.25, 0.3) is 0 Å². The first-order chi connectivity index (χ1) is 8.79. The highest BCUT2D eigenvalue weighted by molar-refractivity contribution is 7.98. The largest absolute Gasteiger partial charge is 0.222 e. The van der Waals surface area contributed by atoms with Crippen LogP contribution in [0.1, 0.15) is 18.7 Å². The van der Waals surface area contributed by atoms with E-state index in [1.807, 2.05) is 43.5 Å². The molecule has 18 heavy (non-hydrogen) atoms. The minimum absolute atomic E-state index is 0.133. The van der Waals surface area contributed by atoms with Gasteiger partial charge in [0.15, 0.2) is 0 Å². The molecule has 0 aliphatic rings. The van der Waals surface area contributed by atoms with Crippen molar-refractivity contribution in [1.29, 1.82) is 0 Å².